The molecule has 1 unspecified atom stereocenters. The van der Waals surface area contributed by atoms with Crippen molar-refractivity contribution in [1.82, 2.24) is 5.32 Å². The van der Waals surface area contributed by atoms with Gasteiger partial charge in [0.15, 0.2) is 0 Å². The number of amides is 1. The molecule has 0 heterocycles. The molecule has 5 N–H and O–H groups in total. The standard InChI is InChI=1S/C10H15N2O4P/c1-7(17(14,15)16)12-10(13)6-8-2-4-9(11)5-3-8/h2-5,7H,6,11H2,1H3,(H,12,13)(H2,14,15,16). The van der Waals surface area contributed by atoms with E-state index in [1.54, 1.807) is 24.3 Å². The summed E-state index contributed by atoms with van der Waals surface area (Å²) in [6, 6.07) is 6.71. The number of benzene rings is 1. The molecule has 0 saturated heterocycles. The Morgan fingerprint density at radius 1 is 1.41 bits per heavy atom. The quantitative estimate of drug-likeness (QED) is 0.462. The van der Waals surface area contributed by atoms with Crippen molar-refractivity contribution in [2.45, 2.75) is 19.1 Å². The summed E-state index contributed by atoms with van der Waals surface area (Å²) >= 11 is 0. The summed E-state index contributed by atoms with van der Waals surface area (Å²) in [4.78, 5) is 29.1. The van der Waals surface area contributed by atoms with E-state index >= 15 is 0 Å². The highest BCUT2D eigenvalue weighted by atomic mass is 31.2. The van der Waals surface area contributed by atoms with Gasteiger partial charge in [-0.2, -0.15) is 0 Å². The first-order chi connectivity index (χ1) is 7.79. The van der Waals surface area contributed by atoms with Gasteiger partial charge in [-0.15, -0.1) is 0 Å². The average Bonchev–Trinajstić information content (AvgIpc) is 2.20. The zero-order valence-corrected chi connectivity index (χ0v) is 10.2. The molecule has 7 heteroatoms. The molecule has 94 valence electrons. The number of carbonyl (C=O) groups is 1. The molecule has 1 aromatic rings. The maximum absolute atomic E-state index is 11.5. The first-order valence-corrected chi connectivity index (χ1v) is 6.66. The van der Waals surface area contributed by atoms with E-state index in [-0.39, 0.29) is 6.42 Å². The summed E-state index contributed by atoms with van der Waals surface area (Å²) in [5.74, 6) is -1.62. The Kier molecular flexibility index (Phi) is 4.28. The van der Waals surface area contributed by atoms with Crippen LogP contribution >= 0.6 is 7.60 Å². The Morgan fingerprint density at radius 2 is 1.94 bits per heavy atom. The highest BCUT2D eigenvalue weighted by molar-refractivity contribution is 7.52. The number of anilines is 1. The van der Waals surface area contributed by atoms with Gasteiger partial charge in [-0.25, -0.2) is 0 Å². The van der Waals surface area contributed by atoms with Gasteiger partial charge in [0.05, 0.1) is 6.42 Å². The first-order valence-electron chi connectivity index (χ1n) is 4.98. The van der Waals surface area contributed by atoms with Crippen molar-refractivity contribution < 1.29 is 19.1 Å². The summed E-state index contributed by atoms with van der Waals surface area (Å²) in [5.41, 5.74) is 6.82. The number of nitrogen functional groups attached to an aromatic ring is 1. The maximum Gasteiger partial charge on any atom is 0.347 e. The molecule has 0 aliphatic carbocycles. The number of hydrogen-bond donors (Lipinski definition) is 4. The van der Waals surface area contributed by atoms with Gasteiger partial charge in [0.2, 0.25) is 5.91 Å². The molecule has 0 aliphatic heterocycles. The number of nitrogens with one attached hydrogen (secondary N) is 1. The summed E-state index contributed by atoms with van der Waals surface area (Å²) in [6.07, 6.45) is 0.0601. The van der Waals surface area contributed by atoms with Gasteiger partial charge < -0.3 is 20.8 Å². The molecule has 0 aromatic heterocycles. The fraction of sp³-hybridized carbons (Fsp3) is 0.300. The molecule has 0 fully saturated rings. The second-order valence-electron chi connectivity index (χ2n) is 3.75. The third-order valence-electron chi connectivity index (χ3n) is 2.22. The fourth-order valence-electron chi connectivity index (χ4n) is 1.19. The van der Waals surface area contributed by atoms with E-state index in [9.17, 15) is 9.36 Å². The van der Waals surface area contributed by atoms with Crippen LogP contribution in [0.4, 0.5) is 5.69 Å². The lowest BCUT2D eigenvalue weighted by atomic mass is 10.1. The molecule has 1 atom stereocenters. The Balaban J connectivity index is 2.56. The van der Waals surface area contributed by atoms with E-state index in [1.165, 1.54) is 6.92 Å². The third kappa shape index (κ3) is 4.56. The van der Waals surface area contributed by atoms with Gasteiger partial charge in [0.25, 0.3) is 0 Å². The SMILES string of the molecule is CC(NC(=O)Cc1ccc(N)cc1)P(=O)(O)O. The van der Waals surface area contributed by atoms with Crippen molar-refractivity contribution in [2.75, 3.05) is 5.73 Å². The van der Waals surface area contributed by atoms with Crippen molar-refractivity contribution in [1.29, 1.82) is 0 Å². The van der Waals surface area contributed by atoms with Crippen LogP contribution in [-0.2, 0) is 15.8 Å². The summed E-state index contributed by atoms with van der Waals surface area (Å²) in [6.45, 7) is 1.27. The minimum atomic E-state index is -4.28. The van der Waals surface area contributed by atoms with Gasteiger partial charge >= 0.3 is 7.60 Å². The van der Waals surface area contributed by atoms with Crippen LogP contribution in [0.2, 0.25) is 0 Å². The average molecular weight is 258 g/mol. The molecule has 17 heavy (non-hydrogen) atoms. The minimum Gasteiger partial charge on any atom is -0.399 e. The van der Waals surface area contributed by atoms with Crippen molar-refractivity contribution >= 4 is 19.2 Å². The van der Waals surface area contributed by atoms with E-state index in [0.717, 1.165) is 5.56 Å². The van der Waals surface area contributed by atoms with Crippen molar-refractivity contribution in [3.63, 3.8) is 0 Å². The van der Waals surface area contributed by atoms with Crippen LogP contribution in [0.25, 0.3) is 0 Å². The molecule has 0 spiro atoms. The topological polar surface area (TPSA) is 113 Å². The zero-order valence-electron chi connectivity index (χ0n) is 9.33. The molecular formula is C10H15N2O4P. The molecule has 1 aromatic carbocycles. The van der Waals surface area contributed by atoms with Crippen LogP contribution in [0.3, 0.4) is 0 Å². The maximum atomic E-state index is 11.5. The van der Waals surface area contributed by atoms with E-state index in [0.29, 0.717) is 5.69 Å². The lowest BCUT2D eigenvalue weighted by Gasteiger charge is -2.15. The molecule has 1 rings (SSSR count). The predicted octanol–water partition coefficient (Wildman–Crippen LogP) is 0.451. The Labute approximate surface area is 99.0 Å². The molecule has 6 nitrogen and oxygen atoms in total. The summed E-state index contributed by atoms with van der Waals surface area (Å²) < 4.78 is 10.8. The number of rotatable bonds is 4. The Bertz CT molecular complexity index is 440. The van der Waals surface area contributed by atoms with Crippen molar-refractivity contribution in [3.05, 3.63) is 29.8 Å². The minimum absolute atomic E-state index is 0.0601. The molecule has 0 saturated carbocycles. The van der Waals surface area contributed by atoms with Crippen LogP contribution in [0.15, 0.2) is 24.3 Å². The molecule has 0 radical (unpaired) electrons. The monoisotopic (exact) mass is 258 g/mol. The van der Waals surface area contributed by atoms with Gasteiger partial charge in [0.1, 0.15) is 5.78 Å². The van der Waals surface area contributed by atoms with Crippen LogP contribution in [0.1, 0.15) is 12.5 Å². The highest BCUT2D eigenvalue weighted by Gasteiger charge is 2.25. The van der Waals surface area contributed by atoms with Gasteiger partial charge in [-0.1, -0.05) is 12.1 Å². The normalized spacial score (nSPS) is 13.1. The van der Waals surface area contributed by atoms with E-state index in [1.807, 2.05) is 0 Å². The van der Waals surface area contributed by atoms with E-state index in [4.69, 9.17) is 15.5 Å². The lowest BCUT2D eigenvalue weighted by Crippen LogP contribution is -2.33. The number of hydrogen-bond acceptors (Lipinski definition) is 3. The Hall–Kier alpha value is -1.36. The smallest absolute Gasteiger partial charge is 0.347 e. The van der Waals surface area contributed by atoms with Gasteiger partial charge in [0, 0.05) is 5.69 Å². The van der Waals surface area contributed by atoms with Crippen molar-refractivity contribution in [2.24, 2.45) is 0 Å². The number of nitrogens with two attached hydrogens (primary N) is 1. The van der Waals surface area contributed by atoms with E-state index < -0.39 is 19.3 Å². The second kappa shape index (κ2) is 5.31. The lowest BCUT2D eigenvalue weighted by molar-refractivity contribution is -0.120. The largest absolute Gasteiger partial charge is 0.399 e. The molecule has 0 aliphatic rings. The summed E-state index contributed by atoms with van der Waals surface area (Å²) in [7, 11) is -4.28. The van der Waals surface area contributed by atoms with Crippen LogP contribution in [0, 0.1) is 0 Å². The van der Waals surface area contributed by atoms with Crippen molar-refractivity contribution in [3.8, 4) is 0 Å². The molecular weight excluding hydrogens is 243 g/mol. The fourth-order valence-corrected chi connectivity index (χ4v) is 1.50. The Morgan fingerprint density at radius 3 is 2.41 bits per heavy atom. The predicted molar refractivity (Wildman–Crippen MR) is 64.2 cm³/mol. The first kappa shape index (κ1) is 13.7. The highest BCUT2D eigenvalue weighted by Crippen LogP contribution is 2.39. The third-order valence-corrected chi connectivity index (χ3v) is 3.36. The molecule has 1 amide bonds. The van der Waals surface area contributed by atoms with E-state index in [2.05, 4.69) is 5.32 Å². The molecule has 0 bridgehead atoms. The zero-order chi connectivity index (χ0) is 13.1. The number of carbonyl (C=O) groups excluding carboxylic acids is 1. The van der Waals surface area contributed by atoms with Gasteiger partial charge in [-0.3, -0.25) is 9.36 Å². The summed E-state index contributed by atoms with van der Waals surface area (Å²) in [5, 5.41) is 2.25. The van der Waals surface area contributed by atoms with Crippen LogP contribution in [-0.4, -0.2) is 21.5 Å². The van der Waals surface area contributed by atoms with Gasteiger partial charge in [-0.05, 0) is 24.6 Å². The van der Waals surface area contributed by atoms with Crippen LogP contribution in [0.5, 0.6) is 0 Å². The second-order valence-corrected chi connectivity index (χ2v) is 5.70. The van der Waals surface area contributed by atoms with Crippen LogP contribution < -0.4 is 11.1 Å².